The predicted molar refractivity (Wildman–Crippen MR) is 87.2 cm³/mol. The average molecular weight is 268 g/mol. The zero-order chi connectivity index (χ0) is 14.5. The Morgan fingerprint density at radius 2 is 1.60 bits per heavy atom. The minimum Gasteiger partial charge on any atom is -0.363 e. The zero-order valence-electron chi connectivity index (χ0n) is 12.6. The molecule has 2 N–H and O–H groups in total. The van der Waals surface area contributed by atoms with E-state index in [9.17, 15) is 0 Å². The molecule has 0 amide bonds. The number of hydrogen-bond donors (Lipinski definition) is 1. The maximum absolute atomic E-state index is 6.08. The summed E-state index contributed by atoms with van der Waals surface area (Å²) in [6.07, 6.45) is 0. The maximum atomic E-state index is 6.08. The monoisotopic (exact) mass is 268 g/mol. The fourth-order valence-corrected chi connectivity index (χ4v) is 2.85. The number of hydrogen-bond acceptors (Lipinski definition) is 2. The van der Waals surface area contributed by atoms with Crippen molar-refractivity contribution in [2.24, 2.45) is 5.73 Å². The molecule has 1 atom stereocenters. The molecular weight excluding hydrogens is 244 g/mol. The van der Waals surface area contributed by atoms with E-state index in [2.05, 4.69) is 68.1 Å². The Morgan fingerprint density at radius 3 is 2.10 bits per heavy atom. The van der Waals surface area contributed by atoms with Gasteiger partial charge in [-0.15, -0.1) is 0 Å². The Balaban J connectivity index is 2.39. The highest BCUT2D eigenvalue weighted by atomic mass is 15.2. The van der Waals surface area contributed by atoms with Gasteiger partial charge >= 0.3 is 0 Å². The fourth-order valence-electron chi connectivity index (χ4n) is 2.85. The van der Waals surface area contributed by atoms with Crippen LogP contribution in [0.25, 0.3) is 0 Å². The van der Waals surface area contributed by atoms with E-state index < -0.39 is 0 Å². The molecule has 106 valence electrons. The standard InChI is InChI=1S/C18H24N2/c1-4-20(17-8-6-5-7-9-17)18(13-19)16-11-14(2)10-15(3)12-16/h5-12,18H,4,13,19H2,1-3H3. The number of nitrogens with two attached hydrogens (primary N) is 1. The van der Waals surface area contributed by atoms with Gasteiger partial charge in [-0.25, -0.2) is 0 Å². The van der Waals surface area contributed by atoms with Crippen LogP contribution >= 0.6 is 0 Å². The fraction of sp³-hybridized carbons (Fsp3) is 0.333. The summed E-state index contributed by atoms with van der Waals surface area (Å²) < 4.78 is 0. The summed E-state index contributed by atoms with van der Waals surface area (Å²) in [6.45, 7) is 8.02. The highest BCUT2D eigenvalue weighted by Gasteiger charge is 2.18. The molecule has 2 aromatic rings. The topological polar surface area (TPSA) is 29.3 Å². The van der Waals surface area contributed by atoms with Crippen LogP contribution < -0.4 is 10.6 Å². The van der Waals surface area contributed by atoms with E-state index in [0.29, 0.717) is 6.54 Å². The molecular formula is C18H24N2. The van der Waals surface area contributed by atoms with Crippen molar-refractivity contribution in [2.45, 2.75) is 26.8 Å². The highest BCUT2D eigenvalue weighted by molar-refractivity contribution is 5.49. The SMILES string of the molecule is CCN(c1ccccc1)C(CN)c1cc(C)cc(C)c1. The van der Waals surface area contributed by atoms with Crippen molar-refractivity contribution in [3.8, 4) is 0 Å². The molecule has 2 aromatic carbocycles. The minimum atomic E-state index is 0.223. The lowest BCUT2D eigenvalue weighted by atomic mass is 9.99. The largest absolute Gasteiger partial charge is 0.363 e. The number of nitrogens with zero attached hydrogens (tertiary/aromatic N) is 1. The molecule has 2 heteroatoms. The van der Waals surface area contributed by atoms with Crippen LogP contribution in [-0.2, 0) is 0 Å². The van der Waals surface area contributed by atoms with E-state index in [0.717, 1.165) is 6.54 Å². The number of para-hydroxylation sites is 1. The lowest BCUT2D eigenvalue weighted by Crippen LogP contribution is -2.33. The van der Waals surface area contributed by atoms with Crippen LogP contribution in [0.1, 0.15) is 29.7 Å². The van der Waals surface area contributed by atoms with Crippen molar-refractivity contribution in [1.29, 1.82) is 0 Å². The van der Waals surface area contributed by atoms with Gasteiger partial charge in [0.05, 0.1) is 6.04 Å². The van der Waals surface area contributed by atoms with Crippen LogP contribution in [-0.4, -0.2) is 13.1 Å². The van der Waals surface area contributed by atoms with Crippen LogP contribution in [0.3, 0.4) is 0 Å². The third-order valence-corrected chi connectivity index (χ3v) is 3.66. The third kappa shape index (κ3) is 3.20. The van der Waals surface area contributed by atoms with E-state index in [-0.39, 0.29) is 6.04 Å². The Morgan fingerprint density at radius 1 is 1.00 bits per heavy atom. The molecule has 20 heavy (non-hydrogen) atoms. The zero-order valence-corrected chi connectivity index (χ0v) is 12.6. The number of rotatable bonds is 5. The summed E-state index contributed by atoms with van der Waals surface area (Å²) in [5, 5.41) is 0. The van der Waals surface area contributed by atoms with Crippen molar-refractivity contribution >= 4 is 5.69 Å². The molecule has 0 saturated heterocycles. The number of anilines is 1. The Bertz CT molecular complexity index is 528. The summed E-state index contributed by atoms with van der Waals surface area (Å²) >= 11 is 0. The summed E-state index contributed by atoms with van der Waals surface area (Å²) in [5.41, 5.74) is 11.2. The Kier molecular flexibility index (Phi) is 4.80. The van der Waals surface area contributed by atoms with Gasteiger partial charge in [0.15, 0.2) is 0 Å². The highest BCUT2D eigenvalue weighted by Crippen LogP contribution is 2.27. The molecule has 0 aliphatic heterocycles. The van der Waals surface area contributed by atoms with Gasteiger partial charge in [0.1, 0.15) is 0 Å². The summed E-state index contributed by atoms with van der Waals surface area (Å²) in [7, 11) is 0. The normalized spacial score (nSPS) is 12.2. The van der Waals surface area contributed by atoms with Gasteiger partial charge in [-0.2, -0.15) is 0 Å². The minimum absolute atomic E-state index is 0.223. The molecule has 0 bridgehead atoms. The molecule has 0 heterocycles. The Hall–Kier alpha value is -1.80. The van der Waals surface area contributed by atoms with E-state index >= 15 is 0 Å². The summed E-state index contributed by atoms with van der Waals surface area (Å²) in [4.78, 5) is 2.37. The van der Waals surface area contributed by atoms with Crippen molar-refractivity contribution < 1.29 is 0 Å². The smallest absolute Gasteiger partial charge is 0.0664 e. The number of aryl methyl sites for hydroxylation is 2. The Labute approximate surface area is 122 Å². The van der Waals surface area contributed by atoms with Crippen molar-refractivity contribution in [3.63, 3.8) is 0 Å². The lowest BCUT2D eigenvalue weighted by molar-refractivity contribution is 0.642. The lowest BCUT2D eigenvalue weighted by Gasteiger charge is -2.32. The molecule has 0 aliphatic carbocycles. The molecule has 0 fully saturated rings. The van der Waals surface area contributed by atoms with Crippen molar-refractivity contribution in [1.82, 2.24) is 0 Å². The van der Waals surface area contributed by atoms with Crippen LogP contribution in [0.5, 0.6) is 0 Å². The van der Waals surface area contributed by atoms with E-state index in [1.165, 1.54) is 22.4 Å². The quantitative estimate of drug-likeness (QED) is 0.893. The first-order valence-corrected chi connectivity index (χ1v) is 7.25. The van der Waals surface area contributed by atoms with Crippen LogP contribution in [0.4, 0.5) is 5.69 Å². The predicted octanol–water partition coefficient (Wildman–Crippen LogP) is 3.83. The number of benzene rings is 2. The molecule has 0 saturated carbocycles. The molecule has 1 unspecified atom stereocenters. The first-order valence-electron chi connectivity index (χ1n) is 7.25. The molecule has 2 nitrogen and oxygen atoms in total. The summed E-state index contributed by atoms with van der Waals surface area (Å²) in [5.74, 6) is 0. The first-order chi connectivity index (χ1) is 9.65. The molecule has 0 radical (unpaired) electrons. The van der Waals surface area contributed by atoms with Crippen LogP contribution in [0, 0.1) is 13.8 Å². The molecule has 2 rings (SSSR count). The second kappa shape index (κ2) is 6.58. The molecule has 0 aromatic heterocycles. The van der Waals surface area contributed by atoms with Crippen LogP contribution in [0.2, 0.25) is 0 Å². The average Bonchev–Trinajstić information content (AvgIpc) is 2.44. The summed E-state index contributed by atoms with van der Waals surface area (Å²) in [6, 6.07) is 17.4. The third-order valence-electron chi connectivity index (χ3n) is 3.66. The van der Waals surface area contributed by atoms with Gasteiger partial charge in [-0.1, -0.05) is 47.5 Å². The van der Waals surface area contributed by atoms with E-state index in [1.54, 1.807) is 0 Å². The second-order valence-electron chi connectivity index (χ2n) is 5.29. The van der Waals surface area contributed by atoms with Gasteiger partial charge in [0.2, 0.25) is 0 Å². The van der Waals surface area contributed by atoms with Crippen LogP contribution in [0.15, 0.2) is 48.5 Å². The van der Waals surface area contributed by atoms with E-state index in [4.69, 9.17) is 5.73 Å². The second-order valence-corrected chi connectivity index (χ2v) is 5.29. The first kappa shape index (κ1) is 14.6. The molecule has 0 spiro atoms. The molecule has 0 aliphatic rings. The maximum Gasteiger partial charge on any atom is 0.0664 e. The van der Waals surface area contributed by atoms with Gasteiger partial charge in [0.25, 0.3) is 0 Å². The van der Waals surface area contributed by atoms with Gasteiger partial charge in [-0.3, -0.25) is 0 Å². The van der Waals surface area contributed by atoms with Crippen molar-refractivity contribution in [2.75, 3.05) is 18.0 Å². The number of likely N-dealkylation sites (N-methyl/N-ethyl adjacent to an activating group) is 1. The van der Waals surface area contributed by atoms with Gasteiger partial charge in [0, 0.05) is 18.8 Å². The van der Waals surface area contributed by atoms with Gasteiger partial charge < -0.3 is 10.6 Å². The van der Waals surface area contributed by atoms with Crippen molar-refractivity contribution in [3.05, 3.63) is 65.2 Å². The van der Waals surface area contributed by atoms with E-state index in [1.807, 2.05) is 6.07 Å². The van der Waals surface area contributed by atoms with Gasteiger partial charge in [-0.05, 0) is 38.5 Å².